The minimum atomic E-state index is 0. The predicted molar refractivity (Wildman–Crippen MR) is 110 cm³/mol. The molecular formula is C17H29IN4O2. The standard InChI is InChI=1S/C17H28N4O2.HI/c1-18-17(19-8-13-23-15-14-22-2)21-11-9-20(10-12-21)16-6-4-3-5-7-16;/h3-7H,8-15H2,1-2H3,(H,18,19);1H. The molecule has 1 aromatic carbocycles. The molecule has 1 aliphatic rings. The molecule has 1 saturated heterocycles. The number of methoxy groups -OCH3 is 1. The Hall–Kier alpha value is -1.06. The molecule has 0 bridgehead atoms. The zero-order valence-electron chi connectivity index (χ0n) is 14.6. The maximum absolute atomic E-state index is 5.46. The van der Waals surface area contributed by atoms with E-state index >= 15 is 0 Å². The number of ether oxygens (including phenoxy) is 2. The highest BCUT2D eigenvalue weighted by Crippen LogP contribution is 2.15. The molecule has 1 fully saturated rings. The van der Waals surface area contributed by atoms with Crippen LogP contribution in [0.5, 0.6) is 0 Å². The number of nitrogens with one attached hydrogen (secondary N) is 1. The summed E-state index contributed by atoms with van der Waals surface area (Å²) in [6, 6.07) is 10.6. The van der Waals surface area contributed by atoms with Crippen molar-refractivity contribution in [1.29, 1.82) is 0 Å². The van der Waals surface area contributed by atoms with Gasteiger partial charge >= 0.3 is 0 Å². The van der Waals surface area contributed by atoms with Crippen LogP contribution in [-0.4, -0.2) is 77.6 Å². The van der Waals surface area contributed by atoms with Crippen LogP contribution in [-0.2, 0) is 9.47 Å². The largest absolute Gasteiger partial charge is 0.382 e. The quantitative estimate of drug-likeness (QED) is 0.298. The van der Waals surface area contributed by atoms with Crippen LogP contribution in [0.4, 0.5) is 5.69 Å². The molecule has 136 valence electrons. The fourth-order valence-electron chi connectivity index (χ4n) is 2.63. The number of aliphatic imine (C=N–C) groups is 1. The van der Waals surface area contributed by atoms with Crippen molar-refractivity contribution in [3.05, 3.63) is 30.3 Å². The third-order valence-corrected chi connectivity index (χ3v) is 3.87. The molecule has 0 amide bonds. The number of piperazine rings is 1. The molecular weight excluding hydrogens is 419 g/mol. The van der Waals surface area contributed by atoms with E-state index in [-0.39, 0.29) is 24.0 Å². The molecule has 0 aromatic heterocycles. The molecule has 2 rings (SSSR count). The third kappa shape index (κ3) is 6.82. The zero-order valence-corrected chi connectivity index (χ0v) is 16.9. The average molecular weight is 448 g/mol. The van der Waals surface area contributed by atoms with E-state index in [0.29, 0.717) is 19.8 Å². The van der Waals surface area contributed by atoms with E-state index < -0.39 is 0 Å². The molecule has 7 heteroatoms. The Kier molecular flexibility index (Phi) is 10.8. The molecule has 1 N–H and O–H groups in total. The zero-order chi connectivity index (χ0) is 16.3. The summed E-state index contributed by atoms with van der Waals surface area (Å²) in [6.07, 6.45) is 0. The van der Waals surface area contributed by atoms with Gasteiger partial charge in [-0.15, -0.1) is 24.0 Å². The van der Waals surface area contributed by atoms with Gasteiger partial charge < -0.3 is 24.6 Å². The van der Waals surface area contributed by atoms with Crippen LogP contribution in [0.3, 0.4) is 0 Å². The van der Waals surface area contributed by atoms with Gasteiger partial charge in [0.15, 0.2) is 5.96 Å². The summed E-state index contributed by atoms with van der Waals surface area (Å²) in [4.78, 5) is 9.09. The first-order chi connectivity index (χ1) is 11.3. The van der Waals surface area contributed by atoms with Crippen LogP contribution in [0.15, 0.2) is 35.3 Å². The number of rotatable bonds is 7. The molecule has 0 spiro atoms. The summed E-state index contributed by atoms with van der Waals surface area (Å²) in [7, 11) is 3.51. The summed E-state index contributed by atoms with van der Waals surface area (Å²) in [5, 5.41) is 3.36. The van der Waals surface area contributed by atoms with Crippen molar-refractivity contribution in [2.24, 2.45) is 4.99 Å². The number of anilines is 1. The Morgan fingerprint density at radius 1 is 1.08 bits per heavy atom. The second-order valence-electron chi connectivity index (χ2n) is 5.39. The lowest BCUT2D eigenvalue weighted by atomic mass is 10.2. The first-order valence-electron chi connectivity index (χ1n) is 8.17. The van der Waals surface area contributed by atoms with Crippen LogP contribution in [0.1, 0.15) is 0 Å². The van der Waals surface area contributed by atoms with Gasteiger partial charge in [-0.2, -0.15) is 0 Å². The lowest BCUT2D eigenvalue weighted by Gasteiger charge is -2.37. The van der Waals surface area contributed by atoms with E-state index in [1.807, 2.05) is 7.05 Å². The molecule has 0 unspecified atom stereocenters. The molecule has 1 heterocycles. The van der Waals surface area contributed by atoms with Gasteiger partial charge in [0.25, 0.3) is 0 Å². The highest BCUT2D eigenvalue weighted by atomic mass is 127. The van der Waals surface area contributed by atoms with Crippen molar-refractivity contribution in [1.82, 2.24) is 10.2 Å². The Balaban J connectivity index is 0.00000288. The third-order valence-electron chi connectivity index (χ3n) is 3.87. The van der Waals surface area contributed by atoms with Gasteiger partial charge in [-0.25, -0.2) is 0 Å². The van der Waals surface area contributed by atoms with Crippen molar-refractivity contribution in [2.45, 2.75) is 0 Å². The van der Waals surface area contributed by atoms with E-state index in [2.05, 4.69) is 50.4 Å². The first kappa shape index (κ1) is 21.0. The second-order valence-corrected chi connectivity index (χ2v) is 5.39. The van der Waals surface area contributed by atoms with Gasteiger partial charge in [0.2, 0.25) is 0 Å². The maximum atomic E-state index is 5.46. The summed E-state index contributed by atoms with van der Waals surface area (Å²) < 4.78 is 10.4. The van der Waals surface area contributed by atoms with Crippen LogP contribution in [0.2, 0.25) is 0 Å². The van der Waals surface area contributed by atoms with E-state index in [9.17, 15) is 0 Å². The number of para-hydroxylation sites is 1. The summed E-state index contributed by atoms with van der Waals surface area (Å²) >= 11 is 0. The number of nitrogens with zero attached hydrogens (tertiary/aromatic N) is 3. The molecule has 6 nitrogen and oxygen atoms in total. The first-order valence-corrected chi connectivity index (χ1v) is 8.17. The lowest BCUT2D eigenvalue weighted by molar-refractivity contribution is 0.0731. The highest BCUT2D eigenvalue weighted by molar-refractivity contribution is 14.0. The van der Waals surface area contributed by atoms with Crippen molar-refractivity contribution >= 4 is 35.6 Å². The second kappa shape index (κ2) is 12.3. The van der Waals surface area contributed by atoms with E-state index in [0.717, 1.165) is 38.7 Å². The minimum absolute atomic E-state index is 0. The number of benzene rings is 1. The monoisotopic (exact) mass is 448 g/mol. The Morgan fingerprint density at radius 3 is 2.42 bits per heavy atom. The predicted octanol–water partition coefficient (Wildman–Crippen LogP) is 1.66. The minimum Gasteiger partial charge on any atom is -0.382 e. The number of hydrogen-bond acceptors (Lipinski definition) is 4. The Labute approximate surface area is 162 Å². The van der Waals surface area contributed by atoms with Crippen LogP contribution >= 0.6 is 24.0 Å². The fraction of sp³-hybridized carbons (Fsp3) is 0.588. The number of halogens is 1. The maximum Gasteiger partial charge on any atom is 0.193 e. The Bertz CT molecular complexity index is 465. The van der Waals surface area contributed by atoms with Gasteiger partial charge in [0, 0.05) is 52.6 Å². The van der Waals surface area contributed by atoms with Gasteiger partial charge in [0.05, 0.1) is 19.8 Å². The fourth-order valence-corrected chi connectivity index (χ4v) is 2.63. The van der Waals surface area contributed by atoms with Crippen LogP contribution in [0, 0.1) is 0 Å². The van der Waals surface area contributed by atoms with E-state index in [1.54, 1.807) is 7.11 Å². The molecule has 0 saturated carbocycles. The molecule has 0 aliphatic carbocycles. The summed E-state index contributed by atoms with van der Waals surface area (Å²) in [6.45, 7) is 6.65. The van der Waals surface area contributed by atoms with Crippen molar-refractivity contribution in [2.75, 3.05) is 71.6 Å². The van der Waals surface area contributed by atoms with E-state index in [4.69, 9.17) is 9.47 Å². The van der Waals surface area contributed by atoms with Gasteiger partial charge in [-0.05, 0) is 12.1 Å². The number of guanidine groups is 1. The smallest absolute Gasteiger partial charge is 0.193 e. The Morgan fingerprint density at radius 2 is 1.79 bits per heavy atom. The number of hydrogen-bond donors (Lipinski definition) is 1. The molecule has 0 radical (unpaired) electrons. The van der Waals surface area contributed by atoms with Gasteiger partial charge in [0.1, 0.15) is 0 Å². The van der Waals surface area contributed by atoms with E-state index in [1.165, 1.54) is 5.69 Å². The lowest BCUT2D eigenvalue weighted by Crippen LogP contribution is -2.53. The highest BCUT2D eigenvalue weighted by Gasteiger charge is 2.19. The summed E-state index contributed by atoms with van der Waals surface area (Å²) in [5.41, 5.74) is 1.29. The van der Waals surface area contributed by atoms with Crippen LogP contribution in [0.25, 0.3) is 0 Å². The van der Waals surface area contributed by atoms with Crippen molar-refractivity contribution in [3.8, 4) is 0 Å². The topological polar surface area (TPSA) is 49.3 Å². The van der Waals surface area contributed by atoms with Crippen LogP contribution < -0.4 is 10.2 Å². The SMILES string of the molecule is CN=C(NCCOCCOC)N1CCN(c2ccccc2)CC1.I. The molecule has 1 aliphatic heterocycles. The molecule has 0 atom stereocenters. The van der Waals surface area contributed by atoms with Gasteiger partial charge in [-0.1, -0.05) is 18.2 Å². The normalized spacial score (nSPS) is 15.2. The summed E-state index contributed by atoms with van der Waals surface area (Å²) in [5.74, 6) is 0.952. The molecule has 24 heavy (non-hydrogen) atoms. The average Bonchev–Trinajstić information content (AvgIpc) is 2.62. The van der Waals surface area contributed by atoms with Gasteiger partial charge in [-0.3, -0.25) is 4.99 Å². The van der Waals surface area contributed by atoms with Crippen molar-refractivity contribution < 1.29 is 9.47 Å². The van der Waals surface area contributed by atoms with Crippen molar-refractivity contribution in [3.63, 3.8) is 0 Å². The molecule has 1 aromatic rings.